The molecule has 0 aromatic heterocycles. The monoisotopic (exact) mass is 228 g/mol. The highest BCUT2D eigenvalue weighted by Crippen LogP contribution is 2.23. The molecule has 3 nitrogen and oxygen atoms in total. The first-order valence-corrected chi connectivity index (χ1v) is 5.16. The molecule has 0 radical (unpaired) electrons. The Labute approximate surface area is 93.9 Å². The van der Waals surface area contributed by atoms with Crippen molar-refractivity contribution in [2.45, 2.75) is 13.8 Å². The summed E-state index contributed by atoms with van der Waals surface area (Å²) in [5.41, 5.74) is 0.363. The van der Waals surface area contributed by atoms with Crippen molar-refractivity contribution >= 4 is 17.6 Å². The number of hydrogen-bond donors (Lipinski definition) is 0. The normalized spacial score (nSPS) is 9.80. The molecule has 0 aliphatic rings. The Balaban J connectivity index is 2.87. The molecule has 1 aromatic rings. The summed E-state index contributed by atoms with van der Waals surface area (Å²) in [6.45, 7) is 4.53. The van der Waals surface area contributed by atoms with Crippen LogP contribution >= 0.6 is 11.6 Å². The molecule has 4 heteroatoms. The van der Waals surface area contributed by atoms with Gasteiger partial charge in [0.15, 0.2) is 0 Å². The molecule has 1 rings (SSSR count). The predicted octanol–water partition coefficient (Wildman–Crippen LogP) is 2.92. The maximum atomic E-state index is 11.4. The minimum Gasteiger partial charge on any atom is -0.494 e. The van der Waals surface area contributed by atoms with E-state index in [4.69, 9.17) is 21.1 Å². The smallest absolute Gasteiger partial charge is 0.339 e. The first-order chi connectivity index (χ1) is 7.19. The van der Waals surface area contributed by atoms with Gasteiger partial charge in [-0.3, -0.25) is 0 Å². The van der Waals surface area contributed by atoms with Crippen molar-refractivity contribution in [2.75, 3.05) is 13.2 Å². The molecule has 0 aliphatic carbocycles. The first-order valence-electron chi connectivity index (χ1n) is 4.78. The average molecular weight is 229 g/mol. The number of esters is 1. The van der Waals surface area contributed by atoms with Crippen molar-refractivity contribution < 1.29 is 14.3 Å². The summed E-state index contributed by atoms with van der Waals surface area (Å²) < 4.78 is 10.1. The van der Waals surface area contributed by atoms with Gasteiger partial charge in [0.05, 0.1) is 23.8 Å². The zero-order chi connectivity index (χ0) is 11.3. The van der Waals surface area contributed by atoms with Gasteiger partial charge in [-0.25, -0.2) is 4.79 Å². The van der Waals surface area contributed by atoms with Crippen LogP contribution in [0.4, 0.5) is 0 Å². The van der Waals surface area contributed by atoms with Crippen LogP contribution in [0.15, 0.2) is 18.2 Å². The summed E-state index contributed by atoms with van der Waals surface area (Å²) in [5.74, 6) is 0.237. The fourth-order valence-corrected chi connectivity index (χ4v) is 1.37. The van der Waals surface area contributed by atoms with E-state index < -0.39 is 5.97 Å². The van der Waals surface area contributed by atoms with E-state index in [1.54, 1.807) is 25.1 Å². The van der Waals surface area contributed by atoms with E-state index in [2.05, 4.69) is 0 Å². The third-order valence-electron chi connectivity index (χ3n) is 1.75. The van der Waals surface area contributed by atoms with E-state index in [9.17, 15) is 4.79 Å². The van der Waals surface area contributed by atoms with Gasteiger partial charge in [0.25, 0.3) is 0 Å². The lowest BCUT2D eigenvalue weighted by Gasteiger charge is -2.06. The number of carbonyl (C=O) groups is 1. The van der Waals surface area contributed by atoms with E-state index in [-0.39, 0.29) is 0 Å². The van der Waals surface area contributed by atoms with Crippen LogP contribution in [-0.2, 0) is 4.74 Å². The highest BCUT2D eigenvalue weighted by molar-refractivity contribution is 6.33. The van der Waals surface area contributed by atoms with Gasteiger partial charge < -0.3 is 9.47 Å². The minimum absolute atomic E-state index is 0.336. The van der Waals surface area contributed by atoms with Crippen LogP contribution in [0.5, 0.6) is 5.75 Å². The number of halogens is 1. The molecule has 0 bridgehead atoms. The molecular weight excluding hydrogens is 216 g/mol. The van der Waals surface area contributed by atoms with Crippen LogP contribution in [0.25, 0.3) is 0 Å². The lowest BCUT2D eigenvalue weighted by molar-refractivity contribution is 0.0526. The fourth-order valence-electron chi connectivity index (χ4n) is 1.13. The van der Waals surface area contributed by atoms with Gasteiger partial charge in [-0.15, -0.1) is 0 Å². The molecule has 0 amide bonds. The quantitative estimate of drug-likeness (QED) is 0.744. The van der Waals surface area contributed by atoms with Gasteiger partial charge in [-0.1, -0.05) is 11.6 Å². The Morgan fingerprint density at radius 1 is 1.33 bits per heavy atom. The maximum absolute atomic E-state index is 11.4. The van der Waals surface area contributed by atoms with Crippen LogP contribution in [-0.4, -0.2) is 19.2 Å². The summed E-state index contributed by atoms with van der Waals surface area (Å²) in [6.07, 6.45) is 0. The van der Waals surface area contributed by atoms with Crippen molar-refractivity contribution in [1.82, 2.24) is 0 Å². The topological polar surface area (TPSA) is 35.5 Å². The molecule has 15 heavy (non-hydrogen) atoms. The zero-order valence-corrected chi connectivity index (χ0v) is 9.50. The van der Waals surface area contributed by atoms with Crippen LogP contribution in [0.1, 0.15) is 24.2 Å². The highest BCUT2D eigenvalue weighted by atomic mass is 35.5. The van der Waals surface area contributed by atoms with E-state index >= 15 is 0 Å². The van der Waals surface area contributed by atoms with Gasteiger partial charge in [0, 0.05) is 0 Å². The fraction of sp³-hybridized carbons (Fsp3) is 0.364. The predicted molar refractivity (Wildman–Crippen MR) is 58.6 cm³/mol. The third kappa shape index (κ3) is 3.13. The Kier molecular flexibility index (Phi) is 4.43. The van der Waals surface area contributed by atoms with E-state index in [0.717, 1.165) is 0 Å². The summed E-state index contributed by atoms with van der Waals surface area (Å²) in [4.78, 5) is 11.4. The van der Waals surface area contributed by atoms with E-state index in [1.807, 2.05) is 6.92 Å². The Morgan fingerprint density at radius 2 is 2.07 bits per heavy atom. The number of hydrogen-bond acceptors (Lipinski definition) is 3. The standard InChI is InChI=1S/C11H13ClO3/c1-3-14-8-5-6-9(10(12)7-8)11(13)15-4-2/h5-7H,3-4H2,1-2H3. The third-order valence-corrected chi connectivity index (χ3v) is 2.06. The molecule has 82 valence electrons. The molecule has 0 saturated heterocycles. The van der Waals surface area contributed by atoms with Gasteiger partial charge in [0.2, 0.25) is 0 Å². The summed E-state index contributed by atoms with van der Waals surface area (Å²) in [6, 6.07) is 4.91. The van der Waals surface area contributed by atoms with Crippen LogP contribution < -0.4 is 4.74 Å². The van der Waals surface area contributed by atoms with Gasteiger partial charge in [-0.05, 0) is 32.0 Å². The number of carbonyl (C=O) groups excluding carboxylic acids is 1. The zero-order valence-electron chi connectivity index (χ0n) is 8.75. The van der Waals surface area contributed by atoms with Crippen LogP contribution in [0, 0.1) is 0 Å². The number of benzene rings is 1. The largest absolute Gasteiger partial charge is 0.494 e. The number of ether oxygens (including phenoxy) is 2. The molecule has 0 spiro atoms. The van der Waals surface area contributed by atoms with E-state index in [0.29, 0.717) is 29.5 Å². The molecule has 0 saturated carbocycles. The maximum Gasteiger partial charge on any atom is 0.339 e. The Hall–Kier alpha value is -1.22. The molecule has 1 aromatic carbocycles. The summed E-state index contributed by atoms with van der Waals surface area (Å²) in [7, 11) is 0. The van der Waals surface area contributed by atoms with Crippen molar-refractivity contribution in [2.24, 2.45) is 0 Å². The molecule has 0 heterocycles. The lowest BCUT2D eigenvalue weighted by Crippen LogP contribution is -2.05. The summed E-state index contributed by atoms with van der Waals surface area (Å²) in [5, 5.41) is 0.347. The molecule has 0 aliphatic heterocycles. The number of rotatable bonds is 4. The molecule has 0 unspecified atom stereocenters. The Bertz CT molecular complexity index is 350. The Morgan fingerprint density at radius 3 is 2.60 bits per heavy atom. The second-order valence-corrected chi connectivity index (χ2v) is 3.20. The van der Waals surface area contributed by atoms with Gasteiger partial charge in [-0.2, -0.15) is 0 Å². The minimum atomic E-state index is -0.412. The van der Waals surface area contributed by atoms with Crippen LogP contribution in [0.3, 0.4) is 0 Å². The first kappa shape index (κ1) is 11.9. The SMILES string of the molecule is CCOC(=O)c1ccc(OCC)cc1Cl. The van der Waals surface area contributed by atoms with Gasteiger partial charge >= 0.3 is 5.97 Å². The molecule has 0 fully saturated rings. The second-order valence-electron chi connectivity index (χ2n) is 2.80. The lowest BCUT2D eigenvalue weighted by atomic mass is 10.2. The van der Waals surface area contributed by atoms with Crippen molar-refractivity contribution in [3.05, 3.63) is 28.8 Å². The molecule has 0 N–H and O–H groups in total. The molecule has 0 atom stereocenters. The highest BCUT2D eigenvalue weighted by Gasteiger charge is 2.11. The molecular formula is C11H13ClO3. The van der Waals surface area contributed by atoms with E-state index in [1.165, 1.54) is 0 Å². The van der Waals surface area contributed by atoms with Gasteiger partial charge in [0.1, 0.15) is 5.75 Å². The van der Waals surface area contributed by atoms with Crippen LogP contribution in [0.2, 0.25) is 5.02 Å². The van der Waals surface area contributed by atoms with Crippen molar-refractivity contribution in [1.29, 1.82) is 0 Å². The average Bonchev–Trinajstić information content (AvgIpc) is 2.18. The van der Waals surface area contributed by atoms with Crippen molar-refractivity contribution in [3.8, 4) is 5.75 Å². The second kappa shape index (κ2) is 5.61. The van der Waals surface area contributed by atoms with Crippen molar-refractivity contribution in [3.63, 3.8) is 0 Å². The summed E-state index contributed by atoms with van der Waals surface area (Å²) >= 11 is 5.91.